The molecule has 1 aliphatic carbocycles. The van der Waals surface area contributed by atoms with Gasteiger partial charge in [0.2, 0.25) is 17.7 Å². The Kier molecular flexibility index (Phi) is 12.2. The monoisotopic (exact) mass is 621 g/mol. The summed E-state index contributed by atoms with van der Waals surface area (Å²) in [4.78, 5) is 57.1. The van der Waals surface area contributed by atoms with Crippen LogP contribution in [0.1, 0.15) is 101 Å². The van der Waals surface area contributed by atoms with E-state index in [4.69, 9.17) is 0 Å². The molecule has 0 radical (unpaired) electrons. The van der Waals surface area contributed by atoms with Crippen LogP contribution >= 0.6 is 0 Å². The second-order valence-electron chi connectivity index (χ2n) is 12.9. The smallest absolute Gasteiger partial charge is 0.270 e. The number of hydrogen-bond donors (Lipinski definition) is 3. The van der Waals surface area contributed by atoms with Crippen molar-refractivity contribution >= 4 is 29.3 Å². The molecule has 0 bridgehead atoms. The summed E-state index contributed by atoms with van der Waals surface area (Å²) >= 11 is 0. The molecule has 1 aromatic heterocycles. The average Bonchev–Trinajstić information content (AvgIpc) is 3.39. The van der Waals surface area contributed by atoms with E-state index in [1.54, 1.807) is 23.9 Å². The fourth-order valence-corrected chi connectivity index (χ4v) is 6.34. The number of hydrogen-bond acceptors (Lipinski definition) is 6. The average molecular weight is 622 g/mol. The Bertz CT molecular complexity index is 1290. The molecule has 2 aromatic rings. The van der Waals surface area contributed by atoms with Crippen LogP contribution in [-0.4, -0.2) is 88.5 Å². The maximum Gasteiger partial charge on any atom is 0.270 e. The molecule has 2 heterocycles. The predicted octanol–water partition coefficient (Wildman–Crippen LogP) is 3.94. The highest BCUT2D eigenvalue weighted by molar-refractivity contribution is 6.00. The second-order valence-corrected chi connectivity index (χ2v) is 12.9. The van der Waals surface area contributed by atoms with Gasteiger partial charge in [-0.3, -0.25) is 23.9 Å². The van der Waals surface area contributed by atoms with E-state index in [2.05, 4.69) is 25.9 Å². The predicted molar refractivity (Wildman–Crippen MR) is 175 cm³/mol. The van der Waals surface area contributed by atoms with Gasteiger partial charge in [-0.1, -0.05) is 51.7 Å². The van der Waals surface area contributed by atoms with E-state index in [0.717, 1.165) is 57.2 Å². The molecule has 2 fully saturated rings. The van der Waals surface area contributed by atoms with E-state index < -0.39 is 12.1 Å². The van der Waals surface area contributed by atoms with Crippen molar-refractivity contribution in [3.8, 4) is 0 Å². The fourth-order valence-electron chi connectivity index (χ4n) is 6.34. The largest absolute Gasteiger partial charge is 0.344 e. The molecular weight excluding hydrogens is 570 g/mol. The number of likely N-dealkylation sites (N-methyl/N-ethyl adjacent to an activating group) is 1. The van der Waals surface area contributed by atoms with Crippen LogP contribution in [0.3, 0.4) is 0 Å². The van der Waals surface area contributed by atoms with Gasteiger partial charge in [0.15, 0.2) is 0 Å². The third-order valence-electron chi connectivity index (χ3n) is 9.25. The molecule has 3 atom stereocenters. The van der Waals surface area contributed by atoms with Gasteiger partial charge in [0.05, 0.1) is 0 Å². The summed E-state index contributed by atoms with van der Waals surface area (Å²) in [6, 6.07) is 7.76. The maximum absolute atomic E-state index is 13.8. The van der Waals surface area contributed by atoms with E-state index in [-0.39, 0.29) is 41.5 Å². The molecule has 0 spiro atoms. The van der Waals surface area contributed by atoms with Crippen LogP contribution in [0.25, 0.3) is 0 Å². The molecule has 3 N–H and O–H groups in total. The number of benzene rings is 1. The highest BCUT2D eigenvalue weighted by atomic mass is 16.2. The molecule has 2 aliphatic rings. The zero-order valence-corrected chi connectivity index (χ0v) is 27.6. The van der Waals surface area contributed by atoms with Crippen LogP contribution in [0.15, 0.2) is 36.5 Å². The zero-order chi connectivity index (χ0) is 32.5. The van der Waals surface area contributed by atoms with Crippen LogP contribution in [0.5, 0.6) is 0 Å². The Hall–Kier alpha value is -3.73. The molecular formula is C34H51N7O4. The van der Waals surface area contributed by atoms with Gasteiger partial charge < -0.3 is 25.8 Å². The molecule has 45 heavy (non-hydrogen) atoms. The highest BCUT2D eigenvalue weighted by Crippen LogP contribution is 2.28. The van der Waals surface area contributed by atoms with Crippen molar-refractivity contribution in [3.05, 3.63) is 47.8 Å². The standard InChI is InChI=1S/C34H51N7O4/c1-6-29(42)37-30(34(45)40-21-19-39(5)20-22-40)24(4)25-13-15-27(16-14-25)36-33(44)31(26-11-9-7-8-10-12-26)38-32(43)28-17-18-35-41(28)23(2)3/h13-18,23-24,26,30-31H,6-12,19-22H2,1-5H3,(H,36,44)(H,37,42)(H,38,43)/t24-,30+,31?/m0/s1. The van der Waals surface area contributed by atoms with Crippen LogP contribution < -0.4 is 16.0 Å². The fraction of sp³-hybridized carbons (Fsp3) is 0.618. The van der Waals surface area contributed by atoms with Crippen molar-refractivity contribution in [1.29, 1.82) is 0 Å². The van der Waals surface area contributed by atoms with Gasteiger partial charge in [-0.15, -0.1) is 0 Å². The number of aromatic nitrogens is 2. The number of anilines is 1. The van der Waals surface area contributed by atoms with Crippen LogP contribution in [0.2, 0.25) is 0 Å². The lowest BCUT2D eigenvalue weighted by Crippen LogP contribution is -2.55. The summed E-state index contributed by atoms with van der Waals surface area (Å²) in [6.45, 7) is 10.5. The minimum Gasteiger partial charge on any atom is -0.344 e. The quantitative estimate of drug-likeness (QED) is 0.326. The summed E-state index contributed by atoms with van der Waals surface area (Å²) in [5.74, 6) is -1.03. The van der Waals surface area contributed by atoms with Gasteiger partial charge in [0.25, 0.3) is 5.91 Å². The van der Waals surface area contributed by atoms with E-state index in [9.17, 15) is 19.2 Å². The normalized spacial score (nSPS) is 18.5. The number of amides is 4. The van der Waals surface area contributed by atoms with Crippen molar-refractivity contribution in [3.63, 3.8) is 0 Å². The lowest BCUT2D eigenvalue weighted by Gasteiger charge is -2.36. The molecule has 11 nitrogen and oxygen atoms in total. The van der Waals surface area contributed by atoms with E-state index >= 15 is 0 Å². The molecule has 1 aliphatic heterocycles. The first-order valence-corrected chi connectivity index (χ1v) is 16.6. The lowest BCUT2D eigenvalue weighted by atomic mass is 9.90. The number of carbonyl (C=O) groups excluding carboxylic acids is 4. The van der Waals surface area contributed by atoms with Crippen molar-refractivity contribution in [2.24, 2.45) is 5.92 Å². The summed E-state index contributed by atoms with van der Waals surface area (Å²) in [6.07, 6.45) is 7.99. The molecule has 4 rings (SSSR count). The summed E-state index contributed by atoms with van der Waals surface area (Å²) < 4.78 is 1.67. The topological polar surface area (TPSA) is 129 Å². The van der Waals surface area contributed by atoms with E-state index in [0.29, 0.717) is 30.9 Å². The molecule has 4 amide bonds. The van der Waals surface area contributed by atoms with Crippen LogP contribution in [0, 0.1) is 5.92 Å². The molecule has 1 saturated heterocycles. The van der Waals surface area contributed by atoms with Crippen molar-refractivity contribution in [1.82, 2.24) is 30.2 Å². The molecule has 1 saturated carbocycles. The van der Waals surface area contributed by atoms with E-state index in [1.807, 2.05) is 57.0 Å². The molecule has 1 aromatic carbocycles. The Morgan fingerprint density at radius 2 is 1.53 bits per heavy atom. The minimum absolute atomic E-state index is 0.0126. The maximum atomic E-state index is 13.8. The molecule has 1 unspecified atom stereocenters. The Morgan fingerprint density at radius 1 is 0.889 bits per heavy atom. The number of nitrogens with one attached hydrogen (secondary N) is 3. The molecule has 246 valence electrons. The second kappa shape index (κ2) is 16.0. The van der Waals surface area contributed by atoms with Gasteiger partial charge in [-0.2, -0.15) is 5.10 Å². The van der Waals surface area contributed by atoms with Crippen molar-refractivity contribution in [2.75, 3.05) is 38.5 Å². The van der Waals surface area contributed by atoms with Gasteiger partial charge in [0, 0.05) is 56.4 Å². The third kappa shape index (κ3) is 8.93. The summed E-state index contributed by atoms with van der Waals surface area (Å²) in [5, 5.41) is 13.3. The summed E-state index contributed by atoms with van der Waals surface area (Å²) in [7, 11) is 2.04. The zero-order valence-electron chi connectivity index (χ0n) is 27.6. The first kappa shape index (κ1) is 34.1. The highest BCUT2D eigenvalue weighted by Gasteiger charge is 2.34. The van der Waals surface area contributed by atoms with Gasteiger partial charge >= 0.3 is 0 Å². The first-order valence-electron chi connectivity index (χ1n) is 16.6. The lowest BCUT2D eigenvalue weighted by molar-refractivity contribution is -0.138. The van der Waals surface area contributed by atoms with Crippen molar-refractivity contribution < 1.29 is 19.2 Å². The van der Waals surface area contributed by atoms with Gasteiger partial charge in [-0.25, -0.2) is 0 Å². The Balaban J connectivity index is 1.49. The Labute approximate surface area is 267 Å². The summed E-state index contributed by atoms with van der Waals surface area (Å²) in [5.41, 5.74) is 1.92. The van der Waals surface area contributed by atoms with Crippen molar-refractivity contribution in [2.45, 2.75) is 96.7 Å². The number of carbonyl (C=O) groups is 4. The SMILES string of the molecule is CCC(=O)N[C@@H](C(=O)N1CCN(C)CC1)[C@@H](C)c1ccc(NC(=O)C(NC(=O)c2ccnn2C(C)C)C2CCCCCC2)cc1. The minimum atomic E-state index is -0.685. The first-order chi connectivity index (χ1) is 21.6. The van der Waals surface area contributed by atoms with Crippen LogP contribution in [-0.2, 0) is 14.4 Å². The third-order valence-corrected chi connectivity index (χ3v) is 9.25. The number of piperazine rings is 1. The van der Waals surface area contributed by atoms with E-state index in [1.165, 1.54) is 0 Å². The number of nitrogens with zero attached hydrogens (tertiary/aromatic N) is 4. The van der Waals surface area contributed by atoms with Crippen LogP contribution in [0.4, 0.5) is 5.69 Å². The van der Waals surface area contributed by atoms with Gasteiger partial charge in [-0.05, 0) is 63.4 Å². The van der Waals surface area contributed by atoms with Gasteiger partial charge in [0.1, 0.15) is 17.8 Å². The number of rotatable bonds is 11. The Morgan fingerprint density at radius 3 is 2.13 bits per heavy atom. The molecule has 11 heteroatoms.